The van der Waals surface area contributed by atoms with Crippen LogP contribution in [0.4, 0.5) is 0 Å². The minimum Gasteiger partial charge on any atom is -0.493 e. The number of carbonyl (C=O) groups excluding carboxylic acids is 1. The third kappa shape index (κ3) is 5.53. The van der Waals surface area contributed by atoms with Gasteiger partial charge in [0.2, 0.25) is 11.7 Å². The Hall–Kier alpha value is -1.95. The van der Waals surface area contributed by atoms with Gasteiger partial charge in [0.05, 0.1) is 40.5 Å². The lowest BCUT2D eigenvalue weighted by Gasteiger charge is -2.28. The van der Waals surface area contributed by atoms with Crippen LogP contribution in [0.2, 0.25) is 0 Å². The maximum Gasteiger partial charge on any atom is 0.224 e. The maximum atomic E-state index is 12.2. The highest BCUT2D eigenvalue weighted by Gasteiger charge is 2.21. The summed E-state index contributed by atoms with van der Waals surface area (Å²) < 4.78 is 21.9. The van der Waals surface area contributed by atoms with E-state index in [1.54, 1.807) is 33.5 Å². The number of amides is 1. The number of hydrogen-bond acceptors (Lipinski definition) is 5. The molecule has 0 aromatic heterocycles. The van der Waals surface area contributed by atoms with Crippen molar-refractivity contribution in [3.05, 3.63) is 17.7 Å². The van der Waals surface area contributed by atoms with Crippen LogP contribution in [-0.2, 0) is 16.0 Å². The second-order valence-electron chi connectivity index (χ2n) is 6.73. The predicted octanol–water partition coefficient (Wildman–Crippen LogP) is 2.97. The molecule has 0 aliphatic heterocycles. The van der Waals surface area contributed by atoms with Crippen LogP contribution in [0.5, 0.6) is 17.2 Å². The Morgan fingerprint density at radius 3 is 2.31 bits per heavy atom. The van der Waals surface area contributed by atoms with Crippen LogP contribution in [0, 0.1) is 5.92 Å². The fraction of sp³-hybridized carbons (Fsp3) is 0.650. The van der Waals surface area contributed by atoms with Crippen molar-refractivity contribution in [1.29, 1.82) is 0 Å². The highest BCUT2D eigenvalue weighted by Crippen LogP contribution is 2.38. The molecule has 0 heterocycles. The quantitative estimate of drug-likeness (QED) is 0.682. The number of hydrogen-bond donors (Lipinski definition) is 1. The standard InChI is InChI=1S/C20H31NO5/c1-14-7-5-6-8-16(14)26-10-9-21-19(22)13-15-11-17(23-2)20(25-4)18(12-15)24-3/h11-12,14,16H,5-10,13H2,1-4H3,(H,21,22). The van der Waals surface area contributed by atoms with Gasteiger partial charge in [-0.1, -0.05) is 19.8 Å². The molecule has 0 saturated heterocycles. The summed E-state index contributed by atoms with van der Waals surface area (Å²) in [7, 11) is 4.68. The average Bonchev–Trinajstić information content (AvgIpc) is 2.65. The molecule has 146 valence electrons. The van der Waals surface area contributed by atoms with E-state index in [4.69, 9.17) is 18.9 Å². The Labute approximate surface area is 156 Å². The predicted molar refractivity (Wildman–Crippen MR) is 100 cm³/mol. The molecular formula is C20H31NO5. The van der Waals surface area contributed by atoms with Gasteiger partial charge < -0.3 is 24.3 Å². The minimum atomic E-state index is -0.0560. The van der Waals surface area contributed by atoms with Gasteiger partial charge in [-0.05, 0) is 36.5 Å². The third-order valence-corrected chi connectivity index (χ3v) is 4.88. The molecule has 2 unspecified atom stereocenters. The SMILES string of the molecule is COc1cc(CC(=O)NCCOC2CCCCC2C)cc(OC)c1OC. The summed E-state index contributed by atoms with van der Waals surface area (Å²) >= 11 is 0. The maximum absolute atomic E-state index is 12.2. The lowest BCUT2D eigenvalue weighted by Crippen LogP contribution is -2.32. The van der Waals surface area contributed by atoms with Crippen molar-refractivity contribution in [1.82, 2.24) is 5.32 Å². The fourth-order valence-electron chi connectivity index (χ4n) is 3.42. The number of rotatable bonds is 9. The lowest BCUT2D eigenvalue weighted by molar-refractivity contribution is -0.120. The smallest absolute Gasteiger partial charge is 0.224 e. The Morgan fingerprint density at radius 1 is 1.08 bits per heavy atom. The molecule has 1 fully saturated rings. The van der Waals surface area contributed by atoms with Gasteiger partial charge >= 0.3 is 0 Å². The molecule has 0 spiro atoms. The summed E-state index contributed by atoms with van der Waals surface area (Å²) in [6, 6.07) is 3.59. The van der Waals surface area contributed by atoms with Crippen molar-refractivity contribution in [3.8, 4) is 17.2 Å². The number of carbonyl (C=O) groups is 1. The Morgan fingerprint density at radius 2 is 1.73 bits per heavy atom. The van der Waals surface area contributed by atoms with E-state index in [0.29, 0.717) is 42.4 Å². The molecule has 1 amide bonds. The van der Waals surface area contributed by atoms with E-state index in [0.717, 1.165) is 12.0 Å². The molecule has 1 N–H and O–H groups in total. The molecule has 1 aromatic rings. The summed E-state index contributed by atoms with van der Waals surface area (Å²) in [4.78, 5) is 12.2. The van der Waals surface area contributed by atoms with Crippen LogP contribution < -0.4 is 19.5 Å². The minimum absolute atomic E-state index is 0.0560. The van der Waals surface area contributed by atoms with E-state index in [1.165, 1.54) is 19.3 Å². The van der Waals surface area contributed by atoms with Crippen LogP contribution in [0.25, 0.3) is 0 Å². The van der Waals surface area contributed by atoms with Gasteiger partial charge in [0.25, 0.3) is 0 Å². The van der Waals surface area contributed by atoms with Crippen molar-refractivity contribution in [3.63, 3.8) is 0 Å². The summed E-state index contributed by atoms with van der Waals surface area (Å²) in [6.45, 7) is 3.31. The van der Waals surface area contributed by atoms with Crippen molar-refractivity contribution in [2.24, 2.45) is 5.92 Å². The molecule has 1 aliphatic rings. The molecule has 2 atom stereocenters. The normalized spacial score (nSPS) is 19.7. The van der Waals surface area contributed by atoms with Gasteiger partial charge in [-0.2, -0.15) is 0 Å². The van der Waals surface area contributed by atoms with Gasteiger partial charge in [0, 0.05) is 6.54 Å². The van der Waals surface area contributed by atoms with Gasteiger partial charge in [-0.15, -0.1) is 0 Å². The molecule has 1 aliphatic carbocycles. The number of nitrogens with one attached hydrogen (secondary N) is 1. The van der Waals surface area contributed by atoms with Crippen LogP contribution >= 0.6 is 0 Å². The fourth-order valence-corrected chi connectivity index (χ4v) is 3.42. The topological polar surface area (TPSA) is 66.0 Å². The summed E-state index contributed by atoms with van der Waals surface area (Å²) in [5.41, 5.74) is 0.804. The Kier molecular flexibility index (Phi) is 8.04. The monoisotopic (exact) mass is 365 g/mol. The highest BCUT2D eigenvalue weighted by atomic mass is 16.5. The second-order valence-corrected chi connectivity index (χ2v) is 6.73. The molecule has 0 radical (unpaired) electrons. The average molecular weight is 365 g/mol. The van der Waals surface area contributed by atoms with E-state index in [2.05, 4.69) is 12.2 Å². The van der Waals surface area contributed by atoms with E-state index in [9.17, 15) is 4.79 Å². The first-order valence-electron chi connectivity index (χ1n) is 9.26. The third-order valence-electron chi connectivity index (χ3n) is 4.88. The molecule has 1 saturated carbocycles. The zero-order valence-corrected chi connectivity index (χ0v) is 16.3. The highest BCUT2D eigenvalue weighted by molar-refractivity contribution is 5.79. The molecular weight excluding hydrogens is 334 g/mol. The van der Waals surface area contributed by atoms with Crippen molar-refractivity contribution >= 4 is 5.91 Å². The molecule has 2 rings (SSSR count). The molecule has 26 heavy (non-hydrogen) atoms. The van der Waals surface area contributed by atoms with Gasteiger partial charge in [0.15, 0.2) is 11.5 Å². The first-order valence-corrected chi connectivity index (χ1v) is 9.26. The molecule has 0 bridgehead atoms. The van der Waals surface area contributed by atoms with Crippen molar-refractivity contribution in [2.45, 2.75) is 45.1 Å². The Bertz CT molecular complexity index is 565. The summed E-state index contributed by atoms with van der Waals surface area (Å²) in [5.74, 6) is 2.17. The first-order chi connectivity index (χ1) is 12.6. The zero-order chi connectivity index (χ0) is 18.9. The van der Waals surface area contributed by atoms with Crippen LogP contribution in [0.15, 0.2) is 12.1 Å². The van der Waals surface area contributed by atoms with E-state index in [1.807, 2.05) is 0 Å². The van der Waals surface area contributed by atoms with E-state index >= 15 is 0 Å². The number of methoxy groups -OCH3 is 3. The Balaban J connectivity index is 1.82. The lowest BCUT2D eigenvalue weighted by atomic mass is 9.88. The van der Waals surface area contributed by atoms with Crippen LogP contribution in [-0.4, -0.2) is 46.5 Å². The zero-order valence-electron chi connectivity index (χ0n) is 16.3. The van der Waals surface area contributed by atoms with Crippen molar-refractivity contribution < 1.29 is 23.7 Å². The number of benzene rings is 1. The molecule has 6 heteroatoms. The molecule has 6 nitrogen and oxygen atoms in total. The number of ether oxygens (including phenoxy) is 4. The van der Waals surface area contributed by atoms with Crippen LogP contribution in [0.3, 0.4) is 0 Å². The summed E-state index contributed by atoms with van der Waals surface area (Å²) in [5, 5.41) is 2.91. The molecule has 1 aromatic carbocycles. The van der Waals surface area contributed by atoms with Gasteiger partial charge in [0.1, 0.15) is 0 Å². The van der Waals surface area contributed by atoms with Crippen molar-refractivity contribution in [2.75, 3.05) is 34.5 Å². The van der Waals surface area contributed by atoms with E-state index < -0.39 is 0 Å². The summed E-state index contributed by atoms with van der Waals surface area (Å²) in [6.07, 6.45) is 5.47. The second kappa shape index (κ2) is 10.3. The van der Waals surface area contributed by atoms with E-state index in [-0.39, 0.29) is 12.3 Å². The first kappa shape index (κ1) is 20.4. The largest absolute Gasteiger partial charge is 0.493 e. The van der Waals surface area contributed by atoms with Gasteiger partial charge in [-0.3, -0.25) is 4.79 Å². The van der Waals surface area contributed by atoms with Gasteiger partial charge in [-0.25, -0.2) is 0 Å². The van der Waals surface area contributed by atoms with Crippen LogP contribution in [0.1, 0.15) is 38.2 Å².